The molecule has 6 heteroatoms. The number of nitrogens with one attached hydrogen (secondary N) is 2. The van der Waals surface area contributed by atoms with E-state index in [0.29, 0.717) is 11.5 Å². The first-order valence-corrected chi connectivity index (χ1v) is 12.4. The lowest BCUT2D eigenvalue weighted by molar-refractivity contribution is 0.102. The molecular weight excluding hydrogens is 458 g/mol. The number of hydrogen-bond donors (Lipinski definition) is 2. The molecule has 0 fully saturated rings. The van der Waals surface area contributed by atoms with Gasteiger partial charge < -0.3 is 15.5 Å². The highest BCUT2D eigenvalue weighted by Gasteiger charge is 2.18. The van der Waals surface area contributed by atoms with E-state index in [1.165, 1.54) is 11.1 Å². The summed E-state index contributed by atoms with van der Waals surface area (Å²) in [6.07, 6.45) is 0.932. The SMILES string of the molecule is CN1CCc2c(cccc2NC(=O)c2ccc(Nc3nc(-c4ccccc4)c4ccccc4n3)cc2)C1. The normalized spacial score (nSPS) is 13.2. The highest BCUT2D eigenvalue weighted by Crippen LogP contribution is 2.29. The molecule has 0 aliphatic carbocycles. The van der Waals surface area contributed by atoms with Gasteiger partial charge >= 0.3 is 0 Å². The van der Waals surface area contributed by atoms with Gasteiger partial charge in [-0.1, -0.05) is 60.7 Å². The quantitative estimate of drug-likeness (QED) is 0.307. The zero-order valence-electron chi connectivity index (χ0n) is 20.6. The Kier molecular flexibility index (Phi) is 6.08. The van der Waals surface area contributed by atoms with Crippen molar-refractivity contribution >= 4 is 34.1 Å². The molecule has 0 atom stereocenters. The van der Waals surface area contributed by atoms with Crippen LogP contribution in [0.3, 0.4) is 0 Å². The molecule has 0 bridgehead atoms. The van der Waals surface area contributed by atoms with Crippen molar-refractivity contribution in [1.82, 2.24) is 14.9 Å². The largest absolute Gasteiger partial charge is 0.324 e. The molecule has 1 aliphatic heterocycles. The van der Waals surface area contributed by atoms with Crippen LogP contribution in [0.15, 0.2) is 97.1 Å². The topological polar surface area (TPSA) is 70.2 Å². The van der Waals surface area contributed by atoms with Gasteiger partial charge in [0, 0.05) is 41.0 Å². The molecular formula is C31H27N5O. The van der Waals surface area contributed by atoms with E-state index in [-0.39, 0.29) is 5.91 Å². The molecule has 182 valence electrons. The van der Waals surface area contributed by atoms with Gasteiger partial charge in [0.25, 0.3) is 5.91 Å². The molecule has 1 aromatic heterocycles. The lowest BCUT2D eigenvalue weighted by Gasteiger charge is -2.26. The molecule has 0 unspecified atom stereocenters. The Bertz CT molecular complexity index is 1580. The number of carbonyl (C=O) groups excluding carboxylic acids is 1. The van der Waals surface area contributed by atoms with Gasteiger partial charge in [0.15, 0.2) is 0 Å². The average Bonchev–Trinajstić information content (AvgIpc) is 2.93. The van der Waals surface area contributed by atoms with Crippen LogP contribution in [0.5, 0.6) is 0 Å². The van der Waals surface area contributed by atoms with Crippen molar-refractivity contribution in [2.24, 2.45) is 0 Å². The van der Waals surface area contributed by atoms with E-state index in [1.54, 1.807) is 0 Å². The zero-order valence-corrected chi connectivity index (χ0v) is 20.6. The minimum atomic E-state index is -0.118. The second-order valence-corrected chi connectivity index (χ2v) is 9.37. The van der Waals surface area contributed by atoms with Crippen molar-refractivity contribution in [3.8, 4) is 11.3 Å². The number of aromatic nitrogens is 2. The third-order valence-electron chi connectivity index (χ3n) is 6.76. The van der Waals surface area contributed by atoms with E-state index < -0.39 is 0 Å². The third-order valence-corrected chi connectivity index (χ3v) is 6.76. The number of nitrogens with zero attached hydrogens (tertiary/aromatic N) is 3. The van der Waals surface area contributed by atoms with Crippen LogP contribution in [0.25, 0.3) is 22.2 Å². The van der Waals surface area contributed by atoms with Gasteiger partial charge in [-0.15, -0.1) is 0 Å². The Morgan fingerprint density at radius 3 is 2.46 bits per heavy atom. The van der Waals surface area contributed by atoms with Crippen LogP contribution < -0.4 is 10.6 Å². The fourth-order valence-corrected chi connectivity index (χ4v) is 4.84. The lowest BCUT2D eigenvalue weighted by Crippen LogP contribution is -2.27. The molecule has 6 rings (SSSR count). The monoisotopic (exact) mass is 485 g/mol. The molecule has 0 saturated carbocycles. The molecule has 4 aromatic carbocycles. The van der Waals surface area contributed by atoms with Gasteiger partial charge in [-0.3, -0.25) is 4.79 Å². The van der Waals surface area contributed by atoms with Crippen LogP contribution in [0.1, 0.15) is 21.5 Å². The number of rotatable bonds is 5. The molecule has 1 amide bonds. The van der Waals surface area contributed by atoms with Crippen LogP contribution in [0, 0.1) is 0 Å². The van der Waals surface area contributed by atoms with Crippen molar-refractivity contribution in [2.75, 3.05) is 24.2 Å². The molecule has 5 aromatic rings. The van der Waals surface area contributed by atoms with E-state index >= 15 is 0 Å². The summed E-state index contributed by atoms with van der Waals surface area (Å²) in [5, 5.41) is 7.42. The summed E-state index contributed by atoms with van der Waals surface area (Å²) in [6.45, 7) is 1.89. The molecule has 6 nitrogen and oxygen atoms in total. The first-order chi connectivity index (χ1) is 18.1. The van der Waals surface area contributed by atoms with E-state index in [2.05, 4.69) is 28.6 Å². The second kappa shape index (κ2) is 9.84. The molecule has 0 saturated heterocycles. The molecule has 37 heavy (non-hydrogen) atoms. The summed E-state index contributed by atoms with van der Waals surface area (Å²) in [7, 11) is 2.12. The predicted octanol–water partition coefficient (Wildman–Crippen LogP) is 6.28. The molecule has 0 spiro atoms. The maximum atomic E-state index is 13.0. The number of benzene rings is 4. The molecule has 0 radical (unpaired) electrons. The van der Waals surface area contributed by atoms with Crippen LogP contribution >= 0.6 is 0 Å². The number of carbonyl (C=O) groups is 1. The highest BCUT2D eigenvalue weighted by atomic mass is 16.1. The number of likely N-dealkylation sites (N-methyl/N-ethyl adjacent to an activating group) is 1. The fourth-order valence-electron chi connectivity index (χ4n) is 4.84. The van der Waals surface area contributed by atoms with Crippen LogP contribution in [-0.4, -0.2) is 34.4 Å². The number of fused-ring (bicyclic) bond motifs is 2. The van der Waals surface area contributed by atoms with Crippen molar-refractivity contribution < 1.29 is 4.79 Å². The Balaban J connectivity index is 1.22. The molecule has 2 heterocycles. The molecule has 1 aliphatic rings. The highest BCUT2D eigenvalue weighted by molar-refractivity contribution is 6.05. The van der Waals surface area contributed by atoms with Crippen molar-refractivity contribution in [3.05, 3.63) is 114 Å². The van der Waals surface area contributed by atoms with Gasteiger partial charge in [-0.05, 0) is 61.0 Å². The van der Waals surface area contributed by atoms with Crippen molar-refractivity contribution in [2.45, 2.75) is 13.0 Å². The Labute approximate surface area is 216 Å². The van der Waals surface area contributed by atoms with Gasteiger partial charge in [-0.2, -0.15) is 0 Å². The smallest absolute Gasteiger partial charge is 0.255 e. The van der Waals surface area contributed by atoms with Crippen molar-refractivity contribution in [1.29, 1.82) is 0 Å². The van der Waals surface area contributed by atoms with Gasteiger partial charge in [0.1, 0.15) is 0 Å². The third kappa shape index (κ3) is 4.79. The summed E-state index contributed by atoms with van der Waals surface area (Å²) in [5.41, 5.74) is 7.59. The van der Waals surface area contributed by atoms with E-state index in [0.717, 1.165) is 53.0 Å². The van der Waals surface area contributed by atoms with Gasteiger partial charge in [0.2, 0.25) is 5.95 Å². The average molecular weight is 486 g/mol. The number of para-hydroxylation sites is 1. The number of anilines is 3. The Hall–Kier alpha value is -4.55. The predicted molar refractivity (Wildman–Crippen MR) is 149 cm³/mol. The molecule has 2 N–H and O–H groups in total. The fraction of sp³-hybridized carbons (Fsp3) is 0.129. The Morgan fingerprint density at radius 1 is 0.838 bits per heavy atom. The lowest BCUT2D eigenvalue weighted by atomic mass is 9.98. The summed E-state index contributed by atoms with van der Waals surface area (Å²) < 4.78 is 0. The van der Waals surface area contributed by atoms with Crippen LogP contribution in [-0.2, 0) is 13.0 Å². The standard InChI is InChI=1S/C31H27N5O/c1-36-19-18-25-23(20-36)10-7-13-27(25)33-30(37)22-14-16-24(17-15-22)32-31-34-28-12-6-5-11-26(28)29(35-31)21-8-3-2-4-9-21/h2-17H,18-20H2,1H3,(H,33,37)(H,32,34,35). The second-order valence-electron chi connectivity index (χ2n) is 9.37. The first-order valence-electron chi connectivity index (χ1n) is 12.4. The maximum absolute atomic E-state index is 13.0. The van der Waals surface area contributed by atoms with E-state index in [4.69, 9.17) is 9.97 Å². The zero-order chi connectivity index (χ0) is 25.2. The summed E-state index contributed by atoms with van der Waals surface area (Å²) >= 11 is 0. The number of amides is 1. The van der Waals surface area contributed by atoms with Crippen LogP contribution in [0.4, 0.5) is 17.3 Å². The minimum absolute atomic E-state index is 0.118. The number of hydrogen-bond acceptors (Lipinski definition) is 5. The summed E-state index contributed by atoms with van der Waals surface area (Å²) in [6, 6.07) is 31.6. The van der Waals surface area contributed by atoms with Crippen molar-refractivity contribution in [3.63, 3.8) is 0 Å². The van der Waals surface area contributed by atoms with Crippen LogP contribution in [0.2, 0.25) is 0 Å². The summed E-state index contributed by atoms with van der Waals surface area (Å²) in [4.78, 5) is 24.8. The summed E-state index contributed by atoms with van der Waals surface area (Å²) in [5.74, 6) is 0.392. The minimum Gasteiger partial charge on any atom is -0.324 e. The van der Waals surface area contributed by atoms with E-state index in [1.807, 2.05) is 91.0 Å². The van der Waals surface area contributed by atoms with Gasteiger partial charge in [0.05, 0.1) is 11.2 Å². The Morgan fingerprint density at radius 2 is 1.62 bits per heavy atom. The van der Waals surface area contributed by atoms with E-state index in [9.17, 15) is 4.79 Å². The van der Waals surface area contributed by atoms with Gasteiger partial charge in [-0.25, -0.2) is 9.97 Å². The first kappa shape index (κ1) is 22.9. The maximum Gasteiger partial charge on any atom is 0.255 e.